The fraction of sp³-hybridized carbons (Fsp3) is 0.933. The quantitative estimate of drug-likeness (QED) is 0.734. The fourth-order valence-electron chi connectivity index (χ4n) is 3.54. The smallest absolute Gasteiger partial charge is 0.222 e. The Morgan fingerprint density at radius 2 is 1.59 bits per heavy atom. The summed E-state index contributed by atoms with van der Waals surface area (Å²) in [7, 11) is 0. The van der Waals surface area contributed by atoms with Gasteiger partial charge in [0.05, 0.1) is 0 Å². The highest BCUT2D eigenvalue weighted by molar-refractivity contribution is 5.75. The van der Waals surface area contributed by atoms with Crippen molar-refractivity contribution in [2.45, 2.75) is 64.7 Å². The molecule has 0 atom stereocenters. The number of rotatable bonds is 3. The first-order valence-electron chi connectivity index (χ1n) is 7.57. The van der Waals surface area contributed by atoms with Crippen molar-refractivity contribution in [3.05, 3.63) is 0 Å². The molecule has 0 spiro atoms. The molecular weight excluding hydrogens is 210 g/mol. The number of nitrogens with zero attached hydrogens (tertiary/aromatic N) is 1. The number of hydrogen-bond donors (Lipinski definition) is 0. The van der Waals surface area contributed by atoms with E-state index in [1.807, 2.05) is 6.92 Å². The van der Waals surface area contributed by atoms with Gasteiger partial charge in [0.15, 0.2) is 0 Å². The third kappa shape index (κ3) is 3.72. The molecule has 2 aliphatic rings. The molecule has 0 bridgehead atoms. The lowest BCUT2D eigenvalue weighted by Crippen LogP contribution is -2.38. The molecule has 0 aromatic rings. The molecule has 98 valence electrons. The lowest BCUT2D eigenvalue weighted by molar-refractivity contribution is -0.132. The molecule has 0 aromatic carbocycles. The standard InChI is InChI=1S/C15H27NO/c1-2-15(17)16-10-8-14(9-11-16)12-13-6-4-3-5-7-13/h13-14H,2-12H2,1H3. The van der Waals surface area contributed by atoms with Crippen molar-refractivity contribution >= 4 is 5.91 Å². The molecule has 1 amide bonds. The number of hydrogen-bond acceptors (Lipinski definition) is 1. The van der Waals surface area contributed by atoms with Gasteiger partial charge in [-0.3, -0.25) is 4.79 Å². The van der Waals surface area contributed by atoms with E-state index in [-0.39, 0.29) is 0 Å². The van der Waals surface area contributed by atoms with Crippen molar-refractivity contribution in [3.63, 3.8) is 0 Å². The molecule has 0 aromatic heterocycles. The van der Waals surface area contributed by atoms with Crippen LogP contribution in [0.1, 0.15) is 64.7 Å². The van der Waals surface area contributed by atoms with Crippen molar-refractivity contribution in [1.29, 1.82) is 0 Å². The molecule has 2 rings (SSSR count). The van der Waals surface area contributed by atoms with Crippen molar-refractivity contribution < 1.29 is 4.79 Å². The molecule has 2 nitrogen and oxygen atoms in total. The topological polar surface area (TPSA) is 20.3 Å². The maximum atomic E-state index is 11.6. The van der Waals surface area contributed by atoms with Crippen molar-refractivity contribution in [1.82, 2.24) is 4.90 Å². The summed E-state index contributed by atoms with van der Waals surface area (Å²) < 4.78 is 0. The second-order valence-corrected chi connectivity index (χ2v) is 5.92. The third-order valence-electron chi connectivity index (χ3n) is 4.66. The number of carbonyl (C=O) groups excluding carboxylic acids is 1. The normalized spacial score (nSPS) is 23.9. The lowest BCUT2D eigenvalue weighted by Gasteiger charge is -2.34. The molecule has 0 radical (unpaired) electrons. The highest BCUT2D eigenvalue weighted by Crippen LogP contribution is 2.32. The summed E-state index contributed by atoms with van der Waals surface area (Å²) in [6, 6.07) is 0. The summed E-state index contributed by atoms with van der Waals surface area (Å²) in [5, 5.41) is 0. The fourth-order valence-corrected chi connectivity index (χ4v) is 3.54. The summed E-state index contributed by atoms with van der Waals surface area (Å²) >= 11 is 0. The van der Waals surface area contributed by atoms with Gasteiger partial charge in [-0.1, -0.05) is 39.0 Å². The van der Waals surface area contributed by atoms with E-state index in [0.717, 1.165) is 24.9 Å². The van der Waals surface area contributed by atoms with Crippen LogP contribution >= 0.6 is 0 Å². The number of amides is 1. The number of likely N-dealkylation sites (tertiary alicyclic amines) is 1. The van der Waals surface area contributed by atoms with Gasteiger partial charge in [-0.2, -0.15) is 0 Å². The van der Waals surface area contributed by atoms with Gasteiger partial charge in [-0.15, -0.1) is 0 Å². The van der Waals surface area contributed by atoms with Crippen LogP contribution < -0.4 is 0 Å². The summed E-state index contributed by atoms with van der Waals surface area (Å²) in [5.41, 5.74) is 0. The Balaban J connectivity index is 1.69. The Hall–Kier alpha value is -0.530. The first kappa shape index (κ1) is 12.9. The van der Waals surface area contributed by atoms with Crippen LogP contribution in [0.4, 0.5) is 0 Å². The number of carbonyl (C=O) groups is 1. The van der Waals surface area contributed by atoms with Crippen LogP contribution in [-0.4, -0.2) is 23.9 Å². The second kappa shape index (κ2) is 6.42. The first-order chi connectivity index (χ1) is 8.29. The molecule has 0 N–H and O–H groups in total. The van der Waals surface area contributed by atoms with E-state index in [1.54, 1.807) is 0 Å². The van der Waals surface area contributed by atoms with Gasteiger partial charge >= 0.3 is 0 Å². The average Bonchev–Trinajstić information content (AvgIpc) is 2.40. The molecule has 1 aliphatic carbocycles. The zero-order valence-electron chi connectivity index (χ0n) is 11.3. The van der Waals surface area contributed by atoms with E-state index >= 15 is 0 Å². The predicted octanol–water partition coefficient (Wildman–Crippen LogP) is 3.61. The molecule has 1 heterocycles. The molecule has 17 heavy (non-hydrogen) atoms. The van der Waals surface area contributed by atoms with E-state index in [4.69, 9.17) is 0 Å². The van der Waals surface area contributed by atoms with E-state index in [1.165, 1.54) is 51.4 Å². The average molecular weight is 237 g/mol. The van der Waals surface area contributed by atoms with Crippen molar-refractivity contribution in [3.8, 4) is 0 Å². The summed E-state index contributed by atoms with van der Waals surface area (Å²) in [6.45, 7) is 4.00. The van der Waals surface area contributed by atoms with Crippen LogP contribution in [-0.2, 0) is 4.79 Å². The molecule has 1 saturated carbocycles. The van der Waals surface area contributed by atoms with Crippen LogP contribution in [0.5, 0.6) is 0 Å². The molecule has 2 heteroatoms. The minimum Gasteiger partial charge on any atom is -0.343 e. The van der Waals surface area contributed by atoms with Gasteiger partial charge in [0, 0.05) is 19.5 Å². The Bertz CT molecular complexity index is 237. The third-order valence-corrected chi connectivity index (χ3v) is 4.66. The molecule has 1 saturated heterocycles. The lowest BCUT2D eigenvalue weighted by atomic mass is 9.80. The van der Waals surface area contributed by atoms with Gasteiger partial charge in [0.25, 0.3) is 0 Å². The number of piperidine rings is 1. The summed E-state index contributed by atoms with van der Waals surface area (Å²) in [5.74, 6) is 2.25. The maximum Gasteiger partial charge on any atom is 0.222 e. The molecular formula is C15H27NO. The Kier molecular flexibility index (Phi) is 4.87. The van der Waals surface area contributed by atoms with Crippen molar-refractivity contribution in [2.75, 3.05) is 13.1 Å². The van der Waals surface area contributed by atoms with E-state index in [2.05, 4.69) is 4.90 Å². The SMILES string of the molecule is CCC(=O)N1CCC(CC2CCCCC2)CC1. The van der Waals surface area contributed by atoms with Gasteiger partial charge in [-0.05, 0) is 31.1 Å². The highest BCUT2D eigenvalue weighted by Gasteiger charge is 2.24. The highest BCUT2D eigenvalue weighted by atomic mass is 16.2. The maximum absolute atomic E-state index is 11.6. The summed E-state index contributed by atoms with van der Waals surface area (Å²) in [6.07, 6.45) is 11.9. The minimum absolute atomic E-state index is 0.348. The Morgan fingerprint density at radius 3 is 2.18 bits per heavy atom. The second-order valence-electron chi connectivity index (χ2n) is 5.92. The van der Waals surface area contributed by atoms with Crippen LogP contribution in [0, 0.1) is 11.8 Å². The van der Waals surface area contributed by atoms with Crippen LogP contribution in [0.3, 0.4) is 0 Å². The molecule has 1 aliphatic heterocycles. The molecule has 2 fully saturated rings. The van der Waals surface area contributed by atoms with Crippen LogP contribution in [0.25, 0.3) is 0 Å². The van der Waals surface area contributed by atoms with Gasteiger partial charge < -0.3 is 4.90 Å². The summed E-state index contributed by atoms with van der Waals surface area (Å²) in [4.78, 5) is 13.7. The zero-order valence-corrected chi connectivity index (χ0v) is 11.3. The van der Waals surface area contributed by atoms with Crippen LogP contribution in [0.15, 0.2) is 0 Å². The molecule has 0 unspecified atom stereocenters. The van der Waals surface area contributed by atoms with Gasteiger partial charge in [-0.25, -0.2) is 0 Å². The largest absolute Gasteiger partial charge is 0.343 e. The van der Waals surface area contributed by atoms with Crippen molar-refractivity contribution in [2.24, 2.45) is 11.8 Å². The first-order valence-corrected chi connectivity index (χ1v) is 7.57. The van der Waals surface area contributed by atoms with Gasteiger partial charge in [0.2, 0.25) is 5.91 Å². The van der Waals surface area contributed by atoms with E-state index < -0.39 is 0 Å². The van der Waals surface area contributed by atoms with E-state index in [0.29, 0.717) is 12.3 Å². The monoisotopic (exact) mass is 237 g/mol. The predicted molar refractivity (Wildman–Crippen MR) is 70.8 cm³/mol. The zero-order chi connectivity index (χ0) is 12.1. The Labute approximate surface area is 106 Å². The van der Waals surface area contributed by atoms with Crippen LogP contribution in [0.2, 0.25) is 0 Å². The Morgan fingerprint density at radius 1 is 1.00 bits per heavy atom. The minimum atomic E-state index is 0.348. The van der Waals surface area contributed by atoms with E-state index in [9.17, 15) is 4.79 Å². The van der Waals surface area contributed by atoms with Gasteiger partial charge in [0.1, 0.15) is 0 Å².